The van der Waals surface area contributed by atoms with E-state index in [9.17, 15) is 9.59 Å². The normalized spacial score (nSPS) is 10.7. The number of Topliss-reactive ketones (excluding diaryl/α,β-unsaturated/α-hetero) is 1. The highest BCUT2D eigenvalue weighted by molar-refractivity contribution is 7.15. The molecule has 1 N–H and O–H groups in total. The molecule has 22 heavy (non-hydrogen) atoms. The Bertz CT molecular complexity index is 638. The number of hydrogen-bond donors (Lipinski definition) is 1. The Hall–Kier alpha value is -2.08. The van der Waals surface area contributed by atoms with Crippen molar-refractivity contribution in [3.63, 3.8) is 0 Å². The Morgan fingerprint density at radius 2 is 1.86 bits per heavy atom. The highest BCUT2D eigenvalue weighted by Crippen LogP contribution is 2.22. The fourth-order valence-corrected chi connectivity index (χ4v) is 2.64. The SMILES string of the molecule is CC(C)c1nnc(NC(=O)CCCC(=O)c2ccccc2)s1. The molecule has 0 atom stereocenters. The fourth-order valence-electron chi connectivity index (χ4n) is 1.88. The molecule has 1 aromatic carbocycles. The lowest BCUT2D eigenvalue weighted by molar-refractivity contribution is -0.116. The van der Waals surface area contributed by atoms with E-state index in [0.29, 0.717) is 35.9 Å². The number of aromatic nitrogens is 2. The zero-order chi connectivity index (χ0) is 15.9. The largest absolute Gasteiger partial charge is 0.301 e. The van der Waals surface area contributed by atoms with Crippen LogP contribution in [0.4, 0.5) is 5.13 Å². The van der Waals surface area contributed by atoms with Crippen LogP contribution in [0.25, 0.3) is 0 Å². The standard InChI is InChI=1S/C16H19N3O2S/c1-11(2)15-18-19-16(22-15)17-14(21)10-6-9-13(20)12-7-4-3-5-8-12/h3-5,7-8,11H,6,9-10H2,1-2H3,(H,17,19,21). The van der Waals surface area contributed by atoms with Crippen molar-refractivity contribution in [1.82, 2.24) is 10.2 Å². The van der Waals surface area contributed by atoms with Crippen molar-refractivity contribution < 1.29 is 9.59 Å². The predicted octanol–water partition coefficient (Wildman–Crippen LogP) is 3.65. The van der Waals surface area contributed by atoms with Crippen molar-refractivity contribution in [1.29, 1.82) is 0 Å². The number of benzene rings is 1. The molecule has 0 aliphatic rings. The van der Waals surface area contributed by atoms with Crippen molar-refractivity contribution in [2.45, 2.75) is 39.0 Å². The predicted molar refractivity (Wildman–Crippen MR) is 87.3 cm³/mol. The molecule has 1 amide bonds. The van der Waals surface area contributed by atoms with E-state index < -0.39 is 0 Å². The first-order valence-corrected chi connectivity index (χ1v) is 8.09. The van der Waals surface area contributed by atoms with Crippen molar-refractivity contribution in [2.24, 2.45) is 0 Å². The zero-order valence-electron chi connectivity index (χ0n) is 12.7. The molecule has 0 spiro atoms. The average Bonchev–Trinajstić information content (AvgIpc) is 2.96. The minimum Gasteiger partial charge on any atom is -0.301 e. The van der Waals surface area contributed by atoms with E-state index >= 15 is 0 Å². The molecule has 2 aromatic rings. The van der Waals surface area contributed by atoms with Crippen LogP contribution in [0.1, 0.15) is 54.4 Å². The summed E-state index contributed by atoms with van der Waals surface area (Å²) in [6.45, 7) is 4.06. The molecular weight excluding hydrogens is 298 g/mol. The van der Waals surface area contributed by atoms with E-state index in [0.717, 1.165) is 5.01 Å². The second-order valence-electron chi connectivity index (χ2n) is 5.29. The fraction of sp³-hybridized carbons (Fsp3) is 0.375. The Balaban J connectivity index is 1.74. The smallest absolute Gasteiger partial charge is 0.226 e. The van der Waals surface area contributed by atoms with Crippen LogP contribution in [0.3, 0.4) is 0 Å². The molecule has 1 heterocycles. The number of nitrogens with zero attached hydrogens (tertiary/aromatic N) is 2. The van der Waals surface area contributed by atoms with Gasteiger partial charge in [0.25, 0.3) is 0 Å². The van der Waals surface area contributed by atoms with Crippen LogP contribution in [0, 0.1) is 0 Å². The molecule has 0 aliphatic carbocycles. The van der Waals surface area contributed by atoms with Gasteiger partial charge in [-0.05, 0) is 6.42 Å². The summed E-state index contributed by atoms with van der Waals surface area (Å²) in [6.07, 6.45) is 1.19. The number of carbonyl (C=O) groups is 2. The molecule has 0 saturated heterocycles. The Labute approximate surface area is 133 Å². The number of anilines is 1. The molecule has 0 radical (unpaired) electrons. The molecule has 6 heteroatoms. The van der Waals surface area contributed by atoms with Gasteiger partial charge in [0.1, 0.15) is 5.01 Å². The van der Waals surface area contributed by atoms with Gasteiger partial charge in [-0.1, -0.05) is 55.5 Å². The monoisotopic (exact) mass is 317 g/mol. The number of amides is 1. The van der Waals surface area contributed by atoms with Crippen LogP contribution in [0.15, 0.2) is 30.3 Å². The maximum absolute atomic E-state index is 11.9. The summed E-state index contributed by atoms with van der Waals surface area (Å²) in [5.41, 5.74) is 0.689. The molecule has 0 unspecified atom stereocenters. The van der Waals surface area contributed by atoms with Gasteiger partial charge < -0.3 is 5.32 Å². The lowest BCUT2D eigenvalue weighted by Gasteiger charge is -2.02. The highest BCUT2D eigenvalue weighted by Gasteiger charge is 2.11. The molecular formula is C16H19N3O2S. The third-order valence-electron chi connectivity index (χ3n) is 3.08. The average molecular weight is 317 g/mol. The second-order valence-corrected chi connectivity index (χ2v) is 6.30. The molecule has 0 bridgehead atoms. The molecule has 5 nitrogen and oxygen atoms in total. The summed E-state index contributed by atoms with van der Waals surface area (Å²) < 4.78 is 0. The molecule has 116 valence electrons. The van der Waals surface area contributed by atoms with Gasteiger partial charge in [0, 0.05) is 24.3 Å². The lowest BCUT2D eigenvalue weighted by Crippen LogP contribution is -2.11. The van der Waals surface area contributed by atoms with Gasteiger partial charge in [0.2, 0.25) is 11.0 Å². The van der Waals surface area contributed by atoms with Crippen LogP contribution in [0.2, 0.25) is 0 Å². The molecule has 2 rings (SSSR count). The van der Waals surface area contributed by atoms with E-state index in [2.05, 4.69) is 15.5 Å². The highest BCUT2D eigenvalue weighted by atomic mass is 32.1. The minimum atomic E-state index is -0.132. The number of nitrogens with one attached hydrogen (secondary N) is 1. The van der Waals surface area contributed by atoms with Crippen molar-refractivity contribution >= 4 is 28.2 Å². The Kier molecular flexibility index (Phi) is 5.77. The lowest BCUT2D eigenvalue weighted by atomic mass is 10.1. The van der Waals surface area contributed by atoms with Gasteiger partial charge in [-0.2, -0.15) is 0 Å². The summed E-state index contributed by atoms with van der Waals surface area (Å²) >= 11 is 1.38. The maximum Gasteiger partial charge on any atom is 0.226 e. The number of carbonyl (C=O) groups excluding carboxylic acids is 2. The third-order valence-corrected chi connectivity index (χ3v) is 4.22. The van der Waals surface area contributed by atoms with E-state index in [1.165, 1.54) is 11.3 Å². The first-order chi connectivity index (χ1) is 10.6. The topological polar surface area (TPSA) is 72.0 Å². The Morgan fingerprint density at radius 1 is 1.14 bits per heavy atom. The van der Waals surface area contributed by atoms with Crippen LogP contribution >= 0.6 is 11.3 Å². The third kappa shape index (κ3) is 4.73. The number of rotatable bonds is 7. The van der Waals surface area contributed by atoms with Crippen molar-refractivity contribution in [2.75, 3.05) is 5.32 Å². The summed E-state index contributed by atoms with van der Waals surface area (Å²) in [5.74, 6) is 0.227. The van der Waals surface area contributed by atoms with Crippen LogP contribution in [-0.2, 0) is 4.79 Å². The van der Waals surface area contributed by atoms with E-state index in [1.54, 1.807) is 12.1 Å². The first-order valence-electron chi connectivity index (χ1n) is 7.27. The van der Waals surface area contributed by atoms with Gasteiger partial charge in [-0.25, -0.2) is 0 Å². The van der Waals surface area contributed by atoms with Gasteiger partial charge in [0.15, 0.2) is 5.78 Å². The quantitative estimate of drug-likeness (QED) is 0.791. The van der Waals surface area contributed by atoms with Crippen LogP contribution in [0.5, 0.6) is 0 Å². The number of hydrogen-bond acceptors (Lipinski definition) is 5. The summed E-state index contributed by atoms with van der Waals surface area (Å²) in [4.78, 5) is 23.7. The van der Waals surface area contributed by atoms with Crippen LogP contribution in [-0.4, -0.2) is 21.9 Å². The van der Waals surface area contributed by atoms with E-state index in [1.807, 2.05) is 32.0 Å². The minimum absolute atomic E-state index is 0.0615. The summed E-state index contributed by atoms with van der Waals surface area (Å²) in [6, 6.07) is 9.12. The Morgan fingerprint density at radius 3 is 2.50 bits per heavy atom. The summed E-state index contributed by atoms with van der Waals surface area (Å²) in [5, 5.41) is 12.1. The molecule has 0 fully saturated rings. The first kappa shape index (κ1) is 16.3. The van der Waals surface area contributed by atoms with Crippen molar-refractivity contribution in [3.8, 4) is 0 Å². The van der Waals surface area contributed by atoms with Crippen molar-refractivity contribution in [3.05, 3.63) is 40.9 Å². The summed E-state index contributed by atoms with van der Waals surface area (Å²) in [7, 11) is 0. The zero-order valence-corrected chi connectivity index (χ0v) is 13.5. The van der Waals surface area contributed by atoms with E-state index in [4.69, 9.17) is 0 Å². The van der Waals surface area contributed by atoms with Gasteiger partial charge in [0.05, 0.1) is 0 Å². The second kappa shape index (κ2) is 7.79. The van der Waals surface area contributed by atoms with Gasteiger partial charge in [-0.15, -0.1) is 10.2 Å². The molecule has 0 aliphatic heterocycles. The maximum atomic E-state index is 11.9. The number of ketones is 1. The van der Waals surface area contributed by atoms with Gasteiger partial charge >= 0.3 is 0 Å². The molecule has 0 saturated carbocycles. The molecule has 1 aromatic heterocycles. The van der Waals surface area contributed by atoms with E-state index in [-0.39, 0.29) is 11.7 Å². The van der Waals surface area contributed by atoms with Gasteiger partial charge in [-0.3, -0.25) is 9.59 Å². The van der Waals surface area contributed by atoms with Crippen LogP contribution < -0.4 is 5.32 Å².